The number of nitrogens with zero attached hydrogens (tertiary/aromatic N) is 1. The van der Waals surface area contributed by atoms with E-state index in [2.05, 4.69) is 55.8 Å². The second kappa shape index (κ2) is 10.2. The first-order valence-corrected chi connectivity index (χ1v) is 10.5. The highest BCUT2D eigenvalue weighted by Gasteiger charge is 2.15. The molecule has 146 valence electrons. The molecule has 0 bridgehead atoms. The Balaban J connectivity index is 2.31. The van der Waals surface area contributed by atoms with E-state index in [0.717, 1.165) is 43.9 Å². The zero-order valence-electron chi connectivity index (χ0n) is 16.9. The van der Waals surface area contributed by atoms with E-state index in [9.17, 15) is 0 Å². The molecule has 0 radical (unpaired) electrons. The first-order valence-electron chi connectivity index (χ1n) is 10.2. The van der Waals surface area contributed by atoms with Crippen LogP contribution in [-0.2, 0) is 6.42 Å². The van der Waals surface area contributed by atoms with Crippen molar-refractivity contribution in [2.24, 2.45) is 17.6 Å². The lowest BCUT2D eigenvalue weighted by atomic mass is 10.1. The smallest absolute Gasteiger partial charge is 0.0694 e. The maximum atomic E-state index is 6.47. The number of nitrogens with two attached hydrogens (primary N) is 1. The Morgan fingerprint density at radius 2 is 1.65 bits per heavy atom. The Hall–Kier alpha value is -1.19. The molecule has 26 heavy (non-hydrogen) atoms. The maximum Gasteiger partial charge on any atom is 0.0694 e. The van der Waals surface area contributed by atoms with Crippen LogP contribution >= 0.6 is 11.6 Å². The van der Waals surface area contributed by atoms with Crippen LogP contribution in [0.1, 0.15) is 59.1 Å². The molecule has 3 N–H and O–H groups in total. The van der Waals surface area contributed by atoms with Gasteiger partial charge in [0.25, 0.3) is 0 Å². The summed E-state index contributed by atoms with van der Waals surface area (Å²) in [5, 5.41) is 2.04. The van der Waals surface area contributed by atoms with Crippen LogP contribution in [0.5, 0.6) is 0 Å². The highest BCUT2D eigenvalue weighted by molar-refractivity contribution is 6.31. The van der Waals surface area contributed by atoms with Crippen molar-refractivity contribution in [3.63, 3.8) is 0 Å². The van der Waals surface area contributed by atoms with Crippen molar-refractivity contribution in [1.82, 2.24) is 4.98 Å². The van der Waals surface area contributed by atoms with Gasteiger partial charge in [-0.05, 0) is 68.7 Å². The van der Waals surface area contributed by atoms with Crippen molar-refractivity contribution in [3.05, 3.63) is 28.9 Å². The molecule has 1 aromatic carbocycles. The van der Waals surface area contributed by atoms with E-state index in [1.807, 2.05) is 0 Å². The van der Waals surface area contributed by atoms with E-state index in [1.54, 1.807) is 0 Å². The number of hydrogen-bond donors (Lipinski definition) is 2. The fraction of sp³-hybridized carbons (Fsp3) is 0.636. The molecule has 2 aromatic rings. The van der Waals surface area contributed by atoms with Gasteiger partial charge in [0.05, 0.1) is 11.2 Å². The predicted molar refractivity (Wildman–Crippen MR) is 116 cm³/mol. The number of aromatic nitrogens is 1. The van der Waals surface area contributed by atoms with Gasteiger partial charge in [-0.25, -0.2) is 0 Å². The van der Waals surface area contributed by atoms with Gasteiger partial charge in [-0.2, -0.15) is 0 Å². The van der Waals surface area contributed by atoms with Crippen LogP contribution in [-0.4, -0.2) is 24.6 Å². The number of benzene rings is 1. The van der Waals surface area contributed by atoms with Gasteiger partial charge in [-0.15, -0.1) is 0 Å². The largest absolute Gasteiger partial charge is 0.370 e. The van der Waals surface area contributed by atoms with Gasteiger partial charge in [-0.1, -0.05) is 39.3 Å². The molecular formula is C22H36ClN3. The second-order valence-electron chi connectivity index (χ2n) is 8.28. The number of aryl methyl sites for hydroxylation is 1. The number of H-pyrrole nitrogens is 1. The lowest BCUT2D eigenvalue weighted by Crippen LogP contribution is -2.27. The average Bonchev–Trinajstić information content (AvgIpc) is 2.96. The van der Waals surface area contributed by atoms with Crippen molar-refractivity contribution < 1.29 is 0 Å². The first-order chi connectivity index (χ1) is 12.4. The molecule has 0 fully saturated rings. The summed E-state index contributed by atoms with van der Waals surface area (Å²) >= 11 is 6.47. The Labute approximate surface area is 164 Å². The summed E-state index contributed by atoms with van der Waals surface area (Å²) < 4.78 is 0. The lowest BCUT2D eigenvalue weighted by Gasteiger charge is -2.27. The average molecular weight is 378 g/mol. The van der Waals surface area contributed by atoms with Gasteiger partial charge >= 0.3 is 0 Å². The summed E-state index contributed by atoms with van der Waals surface area (Å²) in [4.78, 5) is 6.19. The third kappa shape index (κ3) is 6.21. The van der Waals surface area contributed by atoms with Crippen LogP contribution in [0.15, 0.2) is 18.2 Å². The van der Waals surface area contributed by atoms with Crippen molar-refractivity contribution in [2.75, 3.05) is 24.5 Å². The minimum atomic E-state index is 0.696. The quantitative estimate of drug-likeness (QED) is 0.471. The predicted octanol–water partition coefficient (Wildman–Crippen LogP) is 6.00. The number of nitrogens with one attached hydrogen (secondary N) is 1. The number of rotatable bonds is 11. The third-order valence-electron chi connectivity index (χ3n) is 4.92. The van der Waals surface area contributed by atoms with E-state index in [4.69, 9.17) is 17.3 Å². The van der Waals surface area contributed by atoms with Gasteiger partial charge in [0.15, 0.2) is 0 Å². The first kappa shape index (κ1) is 21.1. The summed E-state index contributed by atoms with van der Waals surface area (Å²) in [5.74, 6) is 1.39. The highest BCUT2D eigenvalue weighted by atomic mass is 35.5. The zero-order chi connectivity index (χ0) is 19.1. The highest BCUT2D eigenvalue weighted by Crippen LogP contribution is 2.32. The number of halogens is 1. The molecule has 0 aliphatic carbocycles. The van der Waals surface area contributed by atoms with Crippen LogP contribution in [0, 0.1) is 11.8 Å². The number of unbranched alkanes of at least 4 members (excludes halogenated alkanes) is 1. The maximum absolute atomic E-state index is 6.47. The molecule has 1 aromatic heterocycles. The summed E-state index contributed by atoms with van der Waals surface area (Å²) in [6.07, 6.45) is 5.61. The summed E-state index contributed by atoms with van der Waals surface area (Å²) in [6, 6.07) is 6.46. The van der Waals surface area contributed by atoms with Crippen LogP contribution in [0.2, 0.25) is 5.02 Å². The van der Waals surface area contributed by atoms with Crippen molar-refractivity contribution >= 4 is 28.2 Å². The molecule has 3 nitrogen and oxygen atoms in total. The molecule has 0 saturated heterocycles. The molecule has 4 heteroatoms. The molecule has 0 aliphatic rings. The van der Waals surface area contributed by atoms with E-state index < -0.39 is 0 Å². The fourth-order valence-electron chi connectivity index (χ4n) is 3.27. The van der Waals surface area contributed by atoms with Crippen LogP contribution in [0.4, 0.5) is 5.69 Å². The Morgan fingerprint density at radius 3 is 2.23 bits per heavy atom. The number of anilines is 1. The third-order valence-corrected chi connectivity index (χ3v) is 5.14. The van der Waals surface area contributed by atoms with Gasteiger partial charge < -0.3 is 15.6 Å². The normalized spacial score (nSPS) is 11.8. The van der Waals surface area contributed by atoms with E-state index >= 15 is 0 Å². The molecular weight excluding hydrogens is 342 g/mol. The number of hydrogen-bond acceptors (Lipinski definition) is 2. The monoisotopic (exact) mass is 377 g/mol. The van der Waals surface area contributed by atoms with Crippen LogP contribution < -0.4 is 10.6 Å². The molecule has 2 rings (SSSR count). The standard InChI is InChI=1S/C22H36ClN3/c1-16(2)8-11-26(12-9-17(3)4)21-15-19(23)13-18-14-20(25-22(18)21)7-5-6-10-24/h13-17,25H,5-12,24H2,1-4H3. The Kier molecular flexibility index (Phi) is 8.30. The molecule has 0 aliphatic heterocycles. The van der Waals surface area contributed by atoms with Crippen molar-refractivity contribution in [1.29, 1.82) is 0 Å². The summed E-state index contributed by atoms with van der Waals surface area (Å²) in [6.45, 7) is 12.1. The van der Waals surface area contributed by atoms with Crippen LogP contribution in [0.3, 0.4) is 0 Å². The fourth-order valence-corrected chi connectivity index (χ4v) is 3.49. The van der Waals surface area contributed by atoms with Crippen molar-refractivity contribution in [3.8, 4) is 0 Å². The lowest BCUT2D eigenvalue weighted by molar-refractivity contribution is 0.536. The molecule has 0 spiro atoms. The van der Waals surface area contributed by atoms with E-state index in [1.165, 1.54) is 35.1 Å². The summed E-state index contributed by atoms with van der Waals surface area (Å²) in [5.41, 5.74) is 9.39. The number of aromatic amines is 1. The molecule has 0 amide bonds. The van der Waals surface area contributed by atoms with Gasteiger partial charge in [0.2, 0.25) is 0 Å². The van der Waals surface area contributed by atoms with Crippen LogP contribution in [0.25, 0.3) is 10.9 Å². The molecule has 1 heterocycles. The molecule has 0 saturated carbocycles. The Bertz CT molecular complexity index is 663. The van der Waals surface area contributed by atoms with E-state index in [0.29, 0.717) is 11.8 Å². The minimum absolute atomic E-state index is 0.696. The summed E-state index contributed by atoms with van der Waals surface area (Å²) in [7, 11) is 0. The Morgan fingerprint density at radius 1 is 1.00 bits per heavy atom. The SMILES string of the molecule is CC(C)CCN(CCC(C)C)c1cc(Cl)cc2cc(CCCCN)[nH]c12. The van der Waals surface area contributed by atoms with Crippen molar-refractivity contribution in [2.45, 2.75) is 59.8 Å². The van der Waals surface area contributed by atoms with Gasteiger partial charge in [-0.3, -0.25) is 0 Å². The molecule has 0 atom stereocenters. The second-order valence-corrected chi connectivity index (χ2v) is 8.72. The van der Waals surface area contributed by atoms with E-state index in [-0.39, 0.29) is 0 Å². The molecule has 0 unspecified atom stereocenters. The topological polar surface area (TPSA) is 45.0 Å². The van der Waals surface area contributed by atoms with Gasteiger partial charge in [0.1, 0.15) is 0 Å². The zero-order valence-corrected chi connectivity index (χ0v) is 17.7. The number of fused-ring (bicyclic) bond motifs is 1. The minimum Gasteiger partial charge on any atom is -0.370 e. The van der Waals surface area contributed by atoms with Gasteiger partial charge in [0, 0.05) is 29.2 Å².